The average molecular weight is 291 g/mol. The summed E-state index contributed by atoms with van der Waals surface area (Å²) in [5.74, 6) is 0. The van der Waals surface area contributed by atoms with Crippen LogP contribution in [-0.4, -0.2) is 30.4 Å². The number of hydrogen-bond donors (Lipinski definition) is 2. The molecule has 0 saturated carbocycles. The van der Waals surface area contributed by atoms with Gasteiger partial charge < -0.3 is 0 Å². The summed E-state index contributed by atoms with van der Waals surface area (Å²) < 4.78 is 49.3. The predicted octanol–water partition coefficient (Wildman–Crippen LogP) is -0.839. The van der Waals surface area contributed by atoms with E-state index < -0.39 is 20.2 Å². The number of nitrogens with zero attached hydrogens (tertiary/aromatic N) is 1. The van der Waals surface area contributed by atoms with E-state index in [1.807, 2.05) is 0 Å². The molecule has 1 aliphatic rings. The third kappa shape index (κ3) is 2.21. The molecule has 1 aliphatic heterocycles. The first-order valence-corrected chi connectivity index (χ1v) is 8.11. The largest absolute Gasteiger partial charge is 0.301 e. The Morgan fingerprint density at radius 2 is 1.94 bits per heavy atom. The Labute approximate surface area is 106 Å². The van der Waals surface area contributed by atoms with E-state index in [0.717, 1.165) is 0 Å². The molecule has 0 aliphatic carbocycles. The summed E-state index contributed by atoms with van der Waals surface area (Å²) in [5, 5.41) is 5.03. The van der Waals surface area contributed by atoms with Crippen LogP contribution in [0.5, 0.6) is 0 Å². The third-order valence-corrected chi connectivity index (χ3v) is 5.17. The maximum atomic E-state index is 11.7. The Hall–Kier alpha value is -1.16. The summed E-state index contributed by atoms with van der Waals surface area (Å²) in [7, 11) is -6.00. The SMILES string of the molecule is CNS(=O)(=O)N1CCc2cc(S(N)(=O)=O)ccc21. The molecule has 0 atom stereocenters. The van der Waals surface area contributed by atoms with Gasteiger partial charge in [0.15, 0.2) is 0 Å². The summed E-state index contributed by atoms with van der Waals surface area (Å²) in [6.07, 6.45) is 0.458. The smallest absolute Gasteiger partial charge is 0.257 e. The van der Waals surface area contributed by atoms with Crippen molar-refractivity contribution in [2.45, 2.75) is 11.3 Å². The molecule has 0 unspecified atom stereocenters. The number of primary sulfonamides is 1. The second-order valence-electron chi connectivity index (χ2n) is 3.87. The Morgan fingerprint density at radius 3 is 2.50 bits per heavy atom. The van der Waals surface area contributed by atoms with E-state index in [1.165, 1.54) is 29.6 Å². The molecule has 3 N–H and O–H groups in total. The lowest BCUT2D eigenvalue weighted by molar-refractivity contribution is 0.584. The molecule has 0 bridgehead atoms. The van der Waals surface area contributed by atoms with Crippen molar-refractivity contribution in [2.75, 3.05) is 17.9 Å². The Morgan fingerprint density at radius 1 is 1.28 bits per heavy atom. The first-order chi connectivity index (χ1) is 8.25. The van der Waals surface area contributed by atoms with E-state index in [2.05, 4.69) is 4.72 Å². The van der Waals surface area contributed by atoms with Crippen molar-refractivity contribution in [3.8, 4) is 0 Å². The van der Waals surface area contributed by atoms with Gasteiger partial charge in [-0.25, -0.2) is 18.3 Å². The number of nitrogens with one attached hydrogen (secondary N) is 1. The lowest BCUT2D eigenvalue weighted by atomic mass is 10.2. The highest BCUT2D eigenvalue weighted by molar-refractivity contribution is 7.91. The zero-order valence-corrected chi connectivity index (χ0v) is 11.3. The van der Waals surface area contributed by atoms with Gasteiger partial charge in [-0.15, -0.1) is 0 Å². The molecule has 0 fully saturated rings. The van der Waals surface area contributed by atoms with Crippen molar-refractivity contribution < 1.29 is 16.8 Å². The van der Waals surface area contributed by atoms with Gasteiger partial charge in [0.05, 0.1) is 10.6 Å². The van der Waals surface area contributed by atoms with Crippen LogP contribution in [0.15, 0.2) is 23.1 Å². The van der Waals surface area contributed by atoms with Crippen LogP contribution in [0.1, 0.15) is 5.56 Å². The normalized spacial score (nSPS) is 15.8. The van der Waals surface area contributed by atoms with Crippen molar-refractivity contribution in [3.05, 3.63) is 23.8 Å². The molecule has 1 aromatic rings. The van der Waals surface area contributed by atoms with Gasteiger partial charge in [-0.1, -0.05) is 0 Å². The second kappa shape index (κ2) is 4.19. The molecule has 1 heterocycles. The van der Waals surface area contributed by atoms with Gasteiger partial charge in [-0.3, -0.25) is 4.31 Å². The summed E-state index contributed by atoms with van der Waals surface area (Å²) in [6.45, 7) is 0.284. The number of anilines is 1. The average Bonchev–Trinajstić information content (AvgIpc) is 2.71. The van der Waals surface area contributed by atoms with Gasteiger partial charge >= 0.3 is 10.2 Å². The molecule has 1 aromatic carbocycles. The van der Waals surface area contributed by atoms with Crippen LogP contribution in [-0.2, 0) is 26.7 Å². The molecule has 0 spiro atoms. The fourth-order valence-electron chi connectivity index (χ4n) is 1.88. The summed E-state index contributed by atoms with van der Waals surface area (Å²) in [5.41, 5.74) is 1.14. The highest BCUT2D eigenvalue weighted by Gasteiger charge is 2.29. The molecule has 2 rings (SSSR count). The molecular formula is C9H13N3O4S2. The second-order valence-corrected chi connectivity index (χ2v) is 7.23. The van der Waals surface area contributed by atoms with Gasteiger partial charge in [-0.05, 0) is 30.2 Å². The molecule has 0 radical (unpaired) electrons. The lowest BCUT2D eigenvalue weighted by Gasteiger charge is -2.18. The maximum absolute atomic E-state index is 11.7. The van der Waals surface area contributed by atoms with Crippen molar-refractivity contribution in [1.29, 1.82) is 0 Å². The van der Waals surface area contributed by atoms with Gasteiger partial charge in [0.2, 0.25) is 10.0 Å². The quantitative estimate of drug-likeness (QED) is 0.756. The maximum Gasteiger partial charge on any atom is 0.301 e. The first-order valence-electron chi connectivity index (χ1n) is 5.12. The number of fused-ring (bicyclic) bond motifs is 1. The molecule has 0 saturated heterocycles. The molecule has 0 aromatic heterocycles. The minimum atomic E-state index is -3.77. The molecule has 100 valence electrons. The third-order valence-electron chi connectivity index (χ3n) is 2.78. The summed E-state index contributed by atoms with van der Waals surface area (Å²) >= 11 is 0. The Balaban J connectivity index is 2.50. The lowest BCUT2D eigenvalue weighted by Crippen LogP contribution is -2.37. The molecule has 18 heavy (non-hydrogen) atoms. The van der Waals surface area contributed by atoms with E-state index in [1.54, 1.807) is 0 Å². The number of benzene rings is 1. The van der Waals surface area contributed by atoms with E-state index in [-0.39, 0.29) is 11.4 Å². The van der Waals surface area contributed by atoms with Crippen molar-refractivity contribution >= 4 is 25.9 Å². The summed E-state index contributed by atoms with van der Waals surface area (Å²) in [4.78, 5) is -0.00930. The van der Waals surface area contributed by atoms with Gasteiger partial charge in [0, 0.05) is 13.6 Å². The molecule has 9 heteroatoms. The molecule has 0 amide bonds. The Bertz CT molecular complexity index is 682. The molecular weight excluding hydrogens is 278 g/mol. The number of rotatable bonds is 3. The first kappa shape index (κ1) is 13.3. The van der Waals surface area contributed by atoms with Crippen LogP contribution >= 0.6 is 0 Å². The van der Waals surface area contributed by atoms with Gasteiger partial charge in [0.25, 0.3) is 0 Å². The topological polar surface area (TPSA) is 110 Å². The van der Waals surface area contributed by atoms with Gasteiger partial charge in [0.1, 0.15) is 0 Å². The van der Waals surface area contributed by atoms with E-state index >= 15 is 0 Å². The van der Waals surface area contributed by atoms with Crippen molar-refractivity contribution in [1.82, 2.24) is 4.72 Å². The predicted molar refractivity (Wildman–Crippen MR) is 66.8 cm³/mol. The van der Waals surface area contributed by atoms with Crippen molar-refractivity contribution in [2.24, 2.45) is 5.14 Å². The monoisotopic (exact) mass is 291 g/mol. The Kier molecular flexibility index (Phi) is 3.09. The standard InChI is InChI=1S/C9H13N3O4S2/c1-11-18(15,16)12-5-4-7-6-8(17(10,13)14)2-3-9(7)12/h2-3,6,11H,4-5H2,1H3,(H2,10,13,14). The highest BCUT2D eigenvalue weighted by Crippen LogP contribution is 2.31. The van der Waals surface area contributed by atoms with Crippen LogP contribution in [0.25, 0.3) is 0 Å². The van der Waals surface area contributed by atoms with E-state index in [9.17, 15) is 16.8 Å². The van der Waals surface area contributed by atoms with Crippen LogP contribution in [0, 0.1) is 0 Å². The zero-order valence-electron chi connectivity index (χ0n) is 9.62. The molecule has 7 nitrogen and oxygen atoms in total. The van der Waals surface area contributed by atoms with Crippen LogP contribution < -0.4 is 14.2 Å². The number of nitrogens with two attached hydrogens (primary N) is 1. The number of sulfonamides is 1. The zero-order chi connectivity index (χ0) is 13.6. The minimum absolute atomic E-state index is 0.00930. The number of hydrogen-bond acceptors (Lipinski definition) is 4. The highest BCUT2D eigenvalue weighted by atomic mass is 32.2. The fraction of sp³-hybridized carbons (Fsp3) is 0.333. The van der Waals surface area contributed by atoms with Gasteiger partial charge in [-0.2, -0.15) is 8.42 Å². The van der Waals surface area contributed by atoms with E-state index in [4.69, 9.17) is 5.14 Å². The van der Waals surface area contributed by atoms with Crippen LogP contribution in [0.4, 0.5) is 5.69 Å². The van der Waals surface area contributed by atoms with Crippen LogP contribution in [0.3, 0.4) is 0 Å². The van der Waals surface area contributed by atoms with Crippen LogP contribution in [0.2, 0.25) is 0 Å². The van der Waals surface area contributed by atoms with Crippen molar-refractivity contribution in [3.63, 3.8) is 0 Å². The summed E-state index contributed by atoms with van der Waals surface area (Å²) in [6, 6.07) is 4.17. The minimum Gasteiger partial charge on any atom is -0.257 e. The fourth-order valence-corrected chi connectivity index (χ4v) is 3.44. The van der Waals surface area contributed by atoms with E-state index in [0.29, 0.717) is 17.7 Å².